The molecule has 0 atom stereocenters. The highest BCUT2D eigenvalue weighted by atomic mass is 32.1. The van der Waals surface area contributed by atoms with E-state index < -0.39 is 0 Å². The molecule has 0 unspecified atom stereocenters. The lowest BCUT2D eigenvalue weighted by molar-refractivity contribution is 0.172. The van der Waals surface area contributed by atoms with E-state index in [-0.39, 0.29) is 5.71 Å². The second-order valence-electron chi connectivity index (χ2n) is 6.88. The molecule has 2 aromatic rings. The Labute approximate surface area is 171 Å². The summed E-state index contributed by atoms with van der Waals surface area (Å²) in [6.45, 7) is 3.25. The second kappa shape index (κ2) is 8.91. The molecule has 144 valence electrons. The van der Waals surface area contributed by atoms with E-state index in [1.54, 1.807) is 29.7 Å². The van der Waals surface area contributed by atoms with Gasteiger partial charge in [0, 0.05) is 29.6 Å². The molecule has 0 aliphatic carbocycles. The maximum atomic E-state index is 8.51. The fourth-order valence-electron chi connectivity index (χ4n) is 3.13. The standard InChI is InChI=1S/C22H25N5S/c23-12-18(14-28)17-5-6-20(24)19(11-17)22(26)21(25)10-15-3-1-4-16(9-15)13-27-7-2-8-27/h1,3-6,9-12,14,23,26,28H,2,7-8,13,24-25H2/b18-14+,21-10-,23-12?,26-22?. The fourth-order valence-corrected chi connectivity index (χ4v) is 3.36. The number of hydrogen-bond acceptors (Lipinski definition) is 6. The summed E-state index contributed by atoms with van der Waals surface area (Å²) in [5.74, 6) is 0. The number of anilines is 1. The average Bonchev–Trinajstić information content (AvgIpc) is 2.66. The lowest BCUT2D eigenvalue weighted by atomic mass is 9.98. The van der Waals surface area contributed by atoms with Gasteiger partial charge in [-0.2, -0.15) is 12.6 Å². The first-order chi connectivity index (χ1) is 13.5. The van der Waals surface area contributed by atoms with Crippen LogP contribution in [-0.4, -0.2) is 29.9 Å². The third-order valence-corrected chi connectivity index (χ3v) is 5.15. The Morgan fingerprint density at radius 1 is 1.18 bits per heavy atom. The number of likely N-dealkylation sites (tertiary alicyclic amines) is 1. The minimum Gasteiger partial charge on any atom is -0.398 e. The first-order valence-electron chi connectivity index (χ1n) is 9.14. The Morgan fingerprint density at radius 3 is 2.61 bits per heavy atom. The first kappa shape index (κ1) is 19.9. The molecule has 1 heterocycles. The van der Waals surface area contributed by atoms with Crippen molar-refractivity contribution in [3.8, 4) is 0 Å². The number of nitrogens with zero attached hydrogens (tertiary/aromatic N) is 1. The second-order valence-corrected chi connectivity index (χ2v) is 7.14. The highest BCUT2D eigenvalue weighted by molar-refractivity contribution is 7.83. The van der Waals surface area contributed by atoms with Gasteiger partial charge < -0.3 is 16.9 Å². The Kier molecular flexibility index (Phi) is 6.34. The molecule has 0 aromatic heterocycles. The zero-order valence-corrected chi connectivity index (χ0v) is 16.5. The van der Waals surface area contributed by atoms with E-state index in [1.807, 2.05) is 12.1 Å². The van der Waals surface area contributed by atoms with E-state index >= 15 is 0 Å². The molecule has 2 aromatic carbocycles. The van der Waals surface area contributed by atoms with Crippen molar-refractivity contribution in [1.29, 1.82) is 10.8 Å². The van der Waals surface area contributed by atoms with Crippen molar-refractivity contribution in [2.24, 2.45) is 5.73 Å². The van der Waals surface area contributed by atoms with Crippen LogP contribution in [0.5, 0.6) is 0 Å². The average molecular weight is 392 g/mol. The number of allylic oxidation sites excluding steroid dienone is 2. The van der Waals surface area contributed by atoms with E-state index in [1.165, 1.54) is 18.2 Å². The van der Waals surface area contributed by atoms with Gasteiger partial charge in [0.25, 0.3) is 0 Å². The van der Waals surface area contributed by atoms with Gasteiger partial charge in [-0.15, -0.1) is 0 Å². The summed E-state index contributed by atoms with van der Waals surface area (Å²) < 4.78 is 0. The Bertz CT molecular complexity index is 957. The van der Waals surface area contributed by atoms with Gasteiger partial charge in [0.15, 0.2) is 0 Å². The molecular weight excluding hydrogens is 366 g/mol. The number of nitrogen functional groups attached to an aromatic ring is 1. The number of benzene rings is 2. The highest BCUT2D eigenvalue weighted by Gasteiger charge is 2.14. The molecule has 0 bridgehead atoms. The molecule has 28 heavy (non-hydrogen) atoms. The Balaban J connectivity index is 1.85. The van der Waals surface area contributed by atoms with Gasteiger partial charge in [0.05, 0.1) is 11.4 Å². The third-order valence-electron chi connectivity index (χ3n) is 4.87. The number of thiol groups is 1. The summed E-state index contributed by atoms with van der Waals surface area (Å²) in [6, 6.07) is 13.5. The summed E-state index contributed by atoms with van der Waals surface area (Å²) in [4.78, 5) is 2.40. The Hall–Kier alpha value is -2.83. The van der Waals surface area contributed by atoms with Crippen molar-refractivity contribution in [3.63, 3.8) is 0 Å². The van der Waals surface area contributed by atoms with Crippen molar-refractivity contribution >= 4 is 41.9 Å². The van der Waals surface area contributed by atoms with Gasteiger partial charge in [0.2, 0.25) is 0 Å². The molecule has 6 heteroatoms. The lowest BCUT2D eigenvalue weighted by Crippen LogP contribution is -2.36. The highest BCUT2D eigenvalue weighted by Crippen LogP contribution is 2.22. The van der Waals surface area contributed by atoms with Gasteiger partial charge >= 0.3 is 0 Å². The van der Waals surface area contributed by atoms with Crippen molar-refractivity contribution in [2.75, 3.05) is 18.8 Å². The van der Waals surface area contributed by atoms with Crippen LogP contribution in [0.25, 0.3) is 11.6 Å². The fraction of sp³-hybridized carbons (Fsp3) is 0.182. The van der Waals surface area contributed by atoms with E-state index in [0.29, 0.717) is 22.5 Å². The van der Waals surface area contributed by atoms with Crippen molar-refractivity contribution in [1.82, 2.24) is 4.90 Å². The van der Waals surface area contributed by atoms with E-state index in [0.717, 1.165) is 30.8 Å². The minimum atomic E-state index is 0.163. The zero-order chi connectivity index (χ0) is 20.1. The summed E-state index contributed by atoms with van der Waals surface area (Å²) >= 11 is 4.13. The molecule has 1 aliphatic heterocycles. The van der Waals surface area contributed by atoms with Crippen LogP contribution in [0.3, 0.4) is 0 Å². The van der Waals surface area contributed by atoms with Gasteiger partial charge in [-0.3, -0.25) is 10.3 Å². The molecule has 3 rings (SSSR count). The molecule has 0 spiro atoms. The molecule has 0 saturated carbocycles. The molecule has 0 amide bonds. The SMILES string of the molecule is N=C/C(=C\S)c1ccc(N)c(C(=N)/C(N)=C/c2cccc(CN3CCC3)c2)c1. The van der Waals surface area contributed by atoms with Crippen LogP contribution >= 0.6 is 12.6 Å². The number of hydrogen-bond donors (Lipinski definition) is 5. The van der Waals surface area contributed by atoms with Gasteiger partial charge in [-0.25, -0.2) is 0 Å². The van der Waals surface area contributed by atoms with Crippen LogP contribution in [0, 0.1) is 10.8 Å². The molecule has 1 saturated heterocycles. The molecule has 1 fully saturated rings. The van der Waals surface area contributed by atoms with Gasteiger partial charge in [0.1, 0.15) is 0 Å². The maximum absolute atomic E-state index is 8.51. The maximum Gasteiger partial charge on any atom is 0.0862 e. The van der Waals surface area contributed by atoms with Crippen LogP contribution in [-0.2, 0) is 6.54 Å². The third kappa shape index (κ3) is 4.52. The lowest BCUT2D eigenvalue weighted by Gasteiger charge is -2.30. The topological polar surface area (TPSA) is 103 Å². The monoisotopic (exact) mass is 391 g/mol. The summed E-state index contributed by atoms with van der Waals surface area (Å²) in [6.07, 6.45) is 4.29. The molecule has 0 radical (unpaired) electrons. The molecule has 6 N–H and O–H groups in total. The van der Waals surface area contributed by atoms with Crippen molar-refractivity contribution in [3.05, 3.63) is 75.8 Å². The molecule has 5 nitrogen and oxygen atoms in total. The van der Waals surface area contributed by atoms with Gasteiger partial charge in [-0.05, 0) is 59.8 Å². The van der Waals surface area contributed by atoms with E-state index in [2.05, 4.69) is 29.7 Å². The van der Waals surface area contributed by atoms with E-state index in [4.69, 9.17) is 22.3 Å². The zero-order valence-electron chi connectivity index (χ0n) is 15.7. The molecule has 1 aliphatic rings. The first-order valence-corrected chi connectivity index (χ1v) is 9.66. The Morgan fingerprint density at radius 2 is 1.96 bits per heavy atom. The van der Waals surface area contributed by atoms with Gasteiger partial charge in [-0.1, -0.05) is 30.3 Å². The summed E-state index contributed by atoms with van der Waals surface area (Å²) in [5.41, 5.74) is 17.4. The number of rotatable bonds is 7. The van der Waals surface area contributed by atoms with E-state index in [9.17, 15) is 0 Å². The quantitative estimate of drug-likeness (QED) is 0.282. The van der Waals surface area contributed by atoms with Crippen molar-refractivity contribution < 1.29 is 0 Å². The van der Waals surface area contributed by atoms with Crippen LogP contribution in [0.1, 0.15) is 28.7 Å². The number of nitrogens with one attached hydrogen (secondary N) is 2. The van der Waals surface area contributed by atoms with Crippen molar-refractivity contribution in [2.45, 2.75) is 13.0 Å². The summed E-state index contributed by atoms with van der Waals surface area (Å²) in [5, 5.41) is 17.5. The largest absolute Gasteiger partial charge is 0.398 e. The van der Waals surface area contributed by atoms with Crippen LogP contribution in [0.15, 0.2) is 53.6 Å². The van der Waals surface area contributed by atoms with Crippen LogP contribution in [0.2, 0.25) is 0 Å². The molecular formula is C22H25N5S. The summed E-state index contributed by atoms with van der Waals surface area (Å²) in [7, 11) is 0. The predicted molar refractivity (Wildman–Crippen MR) is 122 cm³/mol. The minimum absolute atomic E-state index is 0.163. The van der Waals surface area contributed by atoms with Crippen LogP contribution < -0.4 is 11.5 Å². The number of nitrogens with two attached hydrogens (primary N) is 2. The smallest absolute Gasteiger partial charge is 0.0862 e. The normalized spacial score (nSPS) is 15.2. The predicted octanol–water partition coefficient (Wildman–Crippen LogP) is 3.76. The van der Waals surface area contributed by atoms with Crippen LogP contribution in [0.4, 0.5) is 5.69 Å².